The van der Waals surface area contributed by atoms with E-state index in [0.29, 0.717) is 6.04 Å². The van der Waals surface area contributed by atoms with Crippen molar-refractivity contribution in [2.45, 2.75) is 26.3 Å². The van der Waals surface area contributed by atoms with Crippen molar-refractivity contribution < 1.29 is 4.74 Å². The Morgan fingerprint density at radius 3 is 2.77 bits per heavy atom. The van der Waals surface area contributed by atoms with Gasteiger partial charge in [0.05, 0.1) is 6.61 Å². The van der Waals surface area contributed by atoms with Gasteiger partial charge in [-0.05, 0) is 18.3 Å². The molecule has 0 bridgehead atoms. The van der Waals surface area contributed by atoms with Crippen LogP contribution < -0.4 is 5.32 Å². The van der Waals surface area contributed by atoms with Gasteiger partial charge in [-0.15, -0.1) is 0 Å². The van der Waals surface area contributed by atoms with Crippen LogP contribution in [-0.4, -0.2) is 30.2 Å². The SMILES string of the molecule is CC(C)C(CI)NCC1CCOC1. The number of alkyl halides is 1. The van der Waals surface area contributed by atoms with Crippen LogP contribution in [0.4, 0.5) is 0 Å². The fourth-order valence-electron chi connectivity index (χ4n) is 1.53. The normalized spacial score (nSPS) is 25.4. The van der Waals surface area contributed by atoms with Gasteiger partial charge in [0, 0.05) is 23.6 Å². The third kappa shape index (κ3) is 4.13. The lowest BCUT2D eigenvalue weighted by atomic mass is 10.0. The Balaban J connectivity index is 2.15. The second kappa shape index (κ2) is 6.19. The first-order chi connectivity index (χ1) is 6.24. The van der Waals surface area contributed by atoms with Crippen LogP contribution in [0.2, 0.25) is 0 Å². The summed E-state index contributed by atoms with van der Waals surface area (Å²) in [6.45, 7) is 7.61. The van der Waals surface area contributed by atoms with Gasteiger partial charge >= 0.3 is 0 Å². The van der Waals surface area contributed by atoms with E-state index in [0.717, 1.165) is 31.6 Å². The van der Waals surface area contributed by atoms with Gasteiger partial charge in [-0.25, -0.2) is 0 Å². The van der Waals surface area contributed by atoms with Gasteiger partial charge in [0.1, 0.15) is 0 Å². The highest BCUT2D eigenvalue weighted by Gasteiger charge is 2.18. The molecule has 1 rings (SSSR count). The summed E-state index contributed by atoms with van der Waals surface area (Å²) >= 11 is 2.46. The number of nitrogens with one attached hydrogen (secondary N) is 1. The van der Waals surface area contributed by atoms with Crippen molar-refractivity contribution in [1.82, 2.24) is 5.32 Å². The number of ether oxygens (including phenoxy) is 1. The van der Waals surface area contributed by atoms with E-state index in [9.17, 15) is 0 Å². The van der Waals surface area contributed by atoms with Crippen molar-refractivity contribution >= 4 is 22.6 Å². The van der Waals surface area contributed by atoms with Gasteiger partial charge < -0.3 is 10.1 Å². The molecule has 78 valence electrons. The van der Waals surface area contributed by atoms with Crippen LogP contribution >= 0.6 is 22.6 Å². The smallest absolute Gasteiger partial charge is 0.0507 e. The molecule has 0 aromatic rings. The molecule has 0 radical (unpaired) electrons. The van der Waals surface area contributed by atoms with Crippen molar-refractivity contribution in [3.63, 3.8) is 0 Å². The maximum absolute atomic E-state index is 5.34. The third-order valence-corrected chi connectivity index (χ3v) is 3.61. The van der Waals surface area contributed by atoms with Crippen molar-refractivity contribution in [1.29, 1.82) is 0 Å². The Hall–Kier alpha value is 0.650. The lowest BCUT2D eigenvalue weighted by Crippen LogP contribution is -2.38. The quantitative estimate of drug-likeness (QED) is 0.619. The molecule has 2 nitrogen and oxygen atoms in total. The molecule has 13 heavy (non-hydrogen) atoms. The number of hydrogen-bond donors (Lipinski definition) is 1. The van der Waals surface area contributed by atoms with Gasteiger partial charge in [0.25, 0.3) is 0 Å². The molecule has 0 aromatic heterocycles. The van der Waals surface area contributed by atoms with E-state index in [1.54, 1.807) is 0 Å². The van der Waals surface area contributed by atoms with Gasteiger partial charge in [-0.2, -0.15) is 0 Å². The molecule has 1 N–H and O–H groups in total. The fourth-order valence-corrected chi connectivity index (χ4v) is 2.86. The van der Waals surface area contributed by atoms with E-state index < -0.39 is 0 Å². The maximum Gasteiger partial charge on any atom is 0.0507 e. The zero-order chi connectivity index (χ0) is 9.68. The maximum atomic E-state index is 5.34. The van der Waals surface area contributed by atoms with Crippen LogP contribution in [0.15, 0.2) is 0 Å². The summed E-state index contributed by atoms with van der Waals surface area (Å²) in [5, 5.41) is 3.62. The molecule has 0 spiro atoms. The molecule has 0 saturated carbocycles. The highest BCUT2D eigenvalue weighted by molar-refractivity contribution is 14.1. The van der Waals surface area contributed by atoms with Crippen LogP contribution in [-0.2, 0) is 4.74 Å². The molecule has 1 fully saturated rings. The highest BCUT2D eigenvalue weighted by Crippen LogP contribution is 2.12. The van der Waals surface area contributed by atoms with E-state index in [4.69, 9.17) is 4.74 Å². The Bertz CT molecular complexity index is 135. The van der Waals surface area contributed by atoms with E-state index in [1.807, 2.05) is 0 Å². The molecular formula is C10H20INO. The first-order valence-corrected chi connectivity index (χ1v) is 6.63. The minimum absolute atomic E-state index is 0.668. The summed E-state index contributed by atoms with van der Waals surface area (Å²) < 4.78 is 6.54. The van der Waals surface area contributed by atoms with Crippen LogP contribution in [0.1, 0.15) is 20.3 Å². The predicted molar refractivity (Wildman–Crippen MR) is 64.4 cm³/mol. The largest absolute Gasteiger partial charge is 0.381 e. The zero-order valence-corrected chi connectivity index (χ0v) is 10.7. The Morgan fingerprint density at radius 2 is 2.31 bits per heavy atom. The van der Waals surface area contributed by atoms with Crippen LogP contribution in [0.25, 0.3) is 0 Å². The van der Waals surface area contributed by atoms with Crippen molar-refractivity contribution in [2.75, 3.05) is 24.2 Å². The predicted octanol–water partition coefficient (Wildman–Crippen LogP) is 2.07. The Labute approximate surface area is 94.9 Å². The van der Waals surface area contributed by atoms with Gasteiger partial charge in [-0.1, -0.05) is 36.4 Å². The highest BCUT2D eigenvalue weighted by atomic mass is 127. The summed E-state index contributed by atoms with van der Waals surface area (Å²) in [7, 11) is 0. The minimum Gasteiger partial charge on any atom is -0.381 e. The molecular weight excluding hydrogens is 277 g/mol. The standard InChI is InChI=1S/C10H20INO/c1-8(2)10(5-11)12-6-9-3-4-13-7-9/h8-10,12H,3-7H2,1-2H3. The third-order valence-electron chi connectivity index (χ3n) is 2.66. The first-order valence-electron chi connectivity index (χ1n) is 5.11. The Morgan fingerprint density at radius 1 is 1.54 bits per heavy atom. The van der Waals surface area contributed by atoms with E-state index >= 15 is 0 Å². The second-order valence-corrected chi connectivity index (χ2v) is 5.02. The van der Waals surface area contributed by atoms with Crippen LogP contribution in [0.5, 0.6) is 0 Å². The topological polar surface area (TPSA) is 21.3 Å². The molecule has 1 heterocycles. The molecule has 1 saturated heterocycles. The number of hydrogen-bond acceptors (Lipinski definition) is 2. The van der Waals surface area contributed by atoms with Gasteiger partial charge in [-0.3, -0.25) is 0 Å². The van der Waals surface area contributed by atoms with E-state index in [2.05, 4.69) is 41.8 Å². The lowest BCUT2D eigenvalue weighted by Gasteiger charge is -2.21. The van der Waals surface area contributed by atoms with E-state index in [1.165, 1.54) is 10.8 Å². The molecule has 2 atom stereocenters. The van der Waals surface area contributed by atoms with Crippen LogP contribution in [0.3, 0.4) is 0 Å². The van der Waals surface area contributed by atoms with Crippen molar-refractivity contribution in [3.05, 3.63) is 0 Å². The van der Waals surface area contributed by atoms with Crippen LogP contribution in [0, 0.1) is 11.8 Å². The molecule has 0 aromatic carbocycles. The van der Waals surface area contributed by atoms with Crippen molar-refractivity contribution in [3.8, 4) is 0 Å². The number of rotatable bonds is 5. The first kappa shape index (κ1) is 11.7. The molecule has 2 unspecified atom stereocenters. The Kier molecular flexibility index (Phi) is 5.58. The minimum atomic E-state index is 0.668. The molecule has 0 amide bonds. The average molecular weight is 297 g/mol. The summed E-state index contributed by atoms with van der Waals surface area (Å²) in [6.07, 6.45) is 1.24. The second-order valence-electron chi connectivity index (χ2n) is 4.14. The average Bonchev–Trinajstić information content (AvgIpc) is 2.57. The summed E-state index contributed by atoms with van der Waals surface area (Å²) in [5.74, 6) is 1.49. The number of halogens is 1. The molecule has 1 aliphatic heterocycles. The summed E-state index contributed by atoms with van der Waals surface area (Å²) in [5.41, 5.74) is 0. The summed E-state index contributed by atoms with van der Waals surface area (Å²) in [6, 6.07) is 0.668. The molecule has 3 heteroatoms. The van der Waals surface area contributed by atoms with Crippen molar-refractivity contribution in [2.24, 2.45) is 11.8 Å². The summed E-state index contributed by atoms with van der Waals surface area (Å²) in [4.78, 5) is 0. The lowest BCUT2D eigenvalue weighted by molar-refractivity contribution is 0.184. The monoisotopic (exact) mass is 297 g/mol. The van der Waals surface area contributed by atoms with Gasteiger partial charge in [0.2, 0.25) is 0 Å². The zero-order valence-electron chi connectivity index (χ0n) is 8.55. The van der Waals surface area contributed by atoms with E-state index in [-0.39, 0.29) is 0 Å². The van der Waals surface area contributed by atoms with Gasteiger partial charge in [0.15, 0.2) is 0 Å². The molecule has 1 aliphatic rings. The fraction of sp³-hybridized carbons (Fsp3) is 1.00. The molecule has 0 aliphatic carbocycles.